The summed E-state index contributed by atoms with van der Waals surface area (Å²) in [5.41, 5.74) is 0.714. The van der Waals surface area contributed by atoms with Crippen molar-refractivity contribution < 1.29 is 19.2 Å². The number of carbonyl (C=O) groups excluding carboxylic acids is 4. The minimum Gasteiger partial charge on any atom is -0.294 e. The number of hydrogen-bond acceptors (Lipinski definition) is 4. The highest BCUT2D eigenvalue weighted by Crippen LogP contribution is 2.26. The maximum atomic E-state index is 11.7. The van der Waals surface area contributed by atoms with Gasteiger partial charge in [0.25, 0.3) is 0 Å². The van der Waals surface area contributed by atoms with E-state index in [1.807, 2.05) is 0 Å². The first-order chi connectivity index (χ1) is 8.58. The van der Waals surface area contributed by atoms with Crippen LogP contribution in [0.15, 0.2) is 12.1 Å². The van der Waals surface area contributed by atoms with Gasteiger partial charge in [-0.15, -0.1) is 0 Å². The van der Waals surface area contributed by atoms with Crippen molar-refractivity contribution in [3.8, 4) is 11.8 Å². The molecule has 18 heavy (non-hydrogen) atoms. The molecule has 2 aliphatic rings. The van der Waals surface area contributed by atoms with Crippen molar-refractivity contribution >= 4 is 23.1 Å². The first-order valence-electron chi connectivity index (χ1n) is 5.43. The molecule has 86 valence electrons. The molecular weight excluding hydrogens is 232 g/mol. The number of fused-ring (bicyclic) bond motifs is 2. The van der Waals surface area contributed by atoms with Gasteiger partial charge in [-0.3, -0.25) is 19.2 Å². The predicted molar refractivity (Wildman–Crippen MR) is 60.8 cm³/mol. The summed E-state index contributed by atoms with van der Waals surface area (Å²) in [4.78, 5) is 46.6. The van der Waals surface area contributed by atoms with Gasteiger partial charge in [0.1, 0.15) is 0 Å². The van der Waals surface area contributed by atoms with Crippen molar-refractivity contribution in [1.82, 2.24) is 0 Å². The summed E-state index contributed by atoms with van der Waals surface area (Å²) >= 11 is 0. The van der Waals surface area contributed by atoms with E-state index in [2.05, 4.69) is 11.8 Å². The van der Waals surface area contributed by atoms with E-state index in [1.54, 1.807) is 0 Å². The van der Waals surface area contributed by atoms with Crippen LogP contribution in [0.5, 0.6) is 0 Å². The highest BCUT2D eigenvalue weighted by atomic mass is 16.1. The number of carbonyl (C=O) groups is 4. The summed E-state index contributed by atoms with van der Waals surface area (Å²) in [5, 5.41) is 0. The molecule has 1 aromatic rings. The fraction of sp³-hybridized carbons (Fsp3) is 0.143. The Morgan fingerprint density at radius 3 is 1.44 bits per heavy atom. The van der Waals surface area contributed by atoms with E-state index in [0.29, 0.717) is 0 Å². The molecule has 0 saturated heterocycles. The molecule has 0 bridgehead atoms. The van der Waals surface area contributed by atoms with Crippen LogP contribution in [0.3, 0.4) is 0 Å². The zero-order valence-electron chi connectivity index (χ0n) is 9.20. The Hall–Kier alpha value is -2.54. The molecule has 3 rings (SSSR count). The van der Waals surface area contributed by atoms with Crippen LogP contribution < -0.4 is 0 Å². The molecule has 0 unspecified atom stereocenters. The van der Waals surface area contributed by atoms with E-state index in [9.17, 15) is 19.2 Å². The largest absolute Gasteiger partial charge is 0.294 e. The fourth-order valence-electron chi connectivity index (χ4n) is 2.18. The van der Waals surface area contributed by atoms with Gasteiger partial charge in [-0.25, -0.2) is 0 Å². The van der Waals surface area contributed by atoms with E-state index in [-0.39, 0.29) is 46.7 Å². The molecule has 4 nitrogen and oxygen atoms in total. The molecule has 0 fully saturated rings. The van der Waals surface area contributed by atoms with Crippen LogP contribution in [-0.4, -0.2) is 23.1 Å². The van der Waals surface area contributed by atoms with Gasteiger partial charge in [-0.05, 0) is 24.0 Å². The zero-order valence-corrected chi connectivity index (χ0v) is 9.20. The minimum absolute atomic E-state index is 0.126. The molecule has 2 aliphatic carbocycles. The molecule has 1 aromatic carbocycles. The second kappa shape index (κ2) is 3.47. The monoisotopic (exact) mass is 238 g/mol. The number of ketones is 4. The van der Waals surface area contributed by atoms with Gasteiger partial charge in [-0.2, -0.15) is 0 Å². The second-order valence-corrected chi connectivity index (χ2v) is 4.20. The fourth-order valence-corrected chi connectivity index (χ4v) is 2.18. The molecule has 0 aromatic heterocycles. The van der Waals surface area contributed by atoms with Gasteiger partial charge in [0, 0.05) is 35.1 Å². The van der Waals surface area contributed by atoms with Crippen molar-refractivity contribution in [3.63, 3.8) is 0 Å². The lowest BCUT2D eigenvalue weighted by molar-refractivity contribution is 0.0889. The highest BCUT2D eigenvalue weighted by molar-refractivity contribution is 6.28. The van der Waals surface area contributed by atoms with Gasteiger partial charge in [-0.1, -0.05) is 0 Å². The summed E-state index contributed by atoms with van der Waals surface area (Å²) < 4.78 is 0. The first kappa shape index (κ1) is 10.6. The molecule has 0 radical (unpaired) electrons. The summed E-state index contributed by atoms with van der Waals surface area (Å²) in [6, 6.07) is 2.66. The highest BCUT2D eigenvalue weighted by Gasteiger charge is 2.29. The third-order valence-electron chi connectivity index (χ3n) is 3.12. The lowest BCUT2D eigenvalue weighted by atomic mass is 9.84. The van der Waals surface area contributed by atoms with Crippen LogP contribution in [0, 0.1) is 11.8 Å². The second-order valence-electron chi connectivity index (χ2n) is 4.20. The molecule has 4 heteroatoms. The number of Topliss-reactive ketones (excluding diaryl/α,β-unsaturated/α-hetero) is 4. The van der Waals surface area contributed by atoms with Crippen molar-refractivity contribution in [2.24, 2.45) is 0 Å². The average Bonchev–Trinajstić information content (AvgIpc) is 2.37. The SMILES string of the molecule is O=C1C#CC(=O)c2cc3c(cc21)C(=O)CCC3=O. The third-order valence-corrected chi connectivity index (χ3v) is 3.12. The molecule has 0 aliphatic heterocycles. The quantitative estimate of drug-likeness (QED) is 0.503. The lowest BCUT2D eigenvalue weighted by Crippen LogP contribution is -2.21. The number of benzene rings is 1. The number of hydrogen-bond donors (Lipinski definition) is 0. The predicted octanol–water partition coefficient (Wildman–Crippen LogP) is 1.23. The summed E-state index contributed by atoms with van der Waals surface area (Å²) in [7, 11) is 0. The normalized spacial score (nSPS) is 16.9. The summed E-state index contributed by atoms with van der Waals surface area (Å²) in [5.74, 6) is 3.05. The lowest BCUT2D eigenvalue weighted by Gasteiger charge is -2.16. The van der Waals surface area contributed by atoms with Crippen molar-refractivity contribution in [1.29, 1.82) is 0 Å². The molecule has 0 amide bonds. The van der Waals surface area contributed by atoms with Gasteiger partial charge in [0.05, 0.1) is 0 Å². The summed E-state index contributed by atoms with van der Waals surface area (Å²) in [6.45, 7) is 0. The third kappa shape index (κ3) is 1.34. The Labute approximate surface area is 102 Å². The van der Waals surface area contributed by atoms with Gasteiger partial charge >= 0.3 is 0 Å². The van der Waals surface area contributed by atoms with E-state index < -0.39 is 11.6 Å². The maximum Gasteiger partial charge on any atom is 0.237 e. The van der Waals surface area contributed by atoms with Crippen LogP contribution in [0.25, 0.3) is 0 Å². The van der Waals surface area contributed by atoms with E-state index in [0.717, 1.165) is 0 Å². The van der Waals surface area contributed by atoms with Gasteiger partial charge in [0.15, 0.2) is 11.6 Å². The first-order valence-corrected chi connectivity index (χ1v) is 5.43. The molecule has 0 N–H and O–H groups in total. The van der Waals surface area contributed by atoms with Crippen molar-refractivity contribution in [2.75, 3.05) is 0 Å². The van der Waals surface area contributed by atoms with E-state index in [4.69, 9.17) is 0 Å². The van der Waals surface area contributed by atoms with Crippen LogP contribution in [-0.2, 0) is 0 Å². The van der Waals surface area contributed by atoms with Crippen LogP contribution in [0.1, 0.15) is 54.3 Å². The van der Waals surface area contributed by atoms with Crippen LogP contribution in [0.2, 0.25) is 0 Å². The van der Waals surface area contributed by atoms with E-state index in [1.165, 1.54) is 12.1 Å². The van der Waals surface area contributed by atoms with Crippen LogP contribution in [0.4, 0.5) is 0 Å². The van der Waals surface area contributed by atoms with Crippen molar-refractivity contribution in [2.45, 2.75) is 12.8 Å². The van der Waals surface area contributed by atoms with E-state index >= 15 is 0 Å². The molecule has 0 atom stereocenters. The Bertz CT molecular complexity index is 654. The molecule has 0 spiro atoms. The van der Waals surface area contributed by atoms with Crippen LogP contribution >= 0.6 is 0 Å². The topological polar surface area (TPSA) is 68.3 Å². The Balaban J connectivity index is 2.33. The van der Waals surface area contributed by atoms with Crippen molar-refractivity contribution in [3.05, 3.63) is 34.4 Å². The Morgan fingerprint density at radius 2 is 1.06 bits per heavy atom. The molecule has 0 heterocycles. The number of rotatable bonds is 0. The van der Waals surface area contributed by atoms with Gasteiger partial charge < -0.3 is 0 Å². The summed E-state index contributed by atoms with van der Waals surface area (Å²) in [6.07, 6.45) is 0.302. The standard InChI is InChI=1S/C14H6O4/c15-11-1-2-12(16)8-6-10-9(5-7(8)11)13(17)3-4-14(10)18/h5-6H,1-2H2. The minimum atomic E-state index is -0.488. The Kier molecular flexibility index (Phi) is 2.05. The average molecular weight is 238 g/mol. The maximum absolute atomic E-state index is 11.7. The Morgan fingerprint density at radius 1 is 0.667 bits per heavy atom. The zero-order chi connectivity index (χ0) is 12.9. The molecular formula is C14H6O4. The smallest absolute Gasteiger partial charge is 0.237 e. The molecule has 0 saturated carbocycles. The van der Waals surface area contributed by atoms with Gasteiger partial charge in [0.2, 0.25) is 11.6 Å².